The van der Waals surface area contributed by atoms with E-state index in [4.69, 9.17) is 5.26 Å². The highest BCUT2D eigenvalue weighted by molar-refractivity contribution is 9.10. The zero-order valence-electron chi connectivity index (χ0n) is 10.1. The molecule has 2 aromatic carbocycles. The molecule has 5 heteroatoms. The minimum absolute atomic E-state index is 0.0137. The fourth-order valence-electron chi connectivity index (χ4n) is 1.83. The quantitative estimate of drug-likeness (QED) is 0.788. The lowest BCUT2D eigenvalue weighted by Gasteiger charge is -2.11. The normalized spacial score (nSPS) is 11.7. The van der Waals surface area contributed by atoms with Crippen molar-refractivity contribution >= 4 is 21.7 Å². The average molecular weight is 336 g/mol. The smallest absolute Gasteiger partial charge is 0.185 e. The van der Waals surface area contributed by atoms with Crippen LogP contribution in [-0.4, -0.2) is 5.78 Å². The molecule has 1 unspecified atom stereocenters. The Hall–Kier alpha value is -2.06. The fraction of sp³-hybridized carbons (Fsp3) is 0.0667. The number of nitrogens with zero attached hydrogens (tertiary/aromatic N) is 1. The molecule has 2 rings (SSSR count). The molecular formula is C15H8BrF2NO. The molecule has 0 radical (unpaired) electrons. The molecule has 0 aliphatic rings. The maximum Gasteiger partial charge on any atom is 0.185 e. The van der Waals surface area contributed by atoms with E-state index < -0.39 is 23.3 Å². The van der Waals surface area contributed by atoms with E-state index in [0.717, 1.165) is 0 Å². The number of hydrogen-bond donors (Lipinski definition) is 0. The van der Waals surface area contributed by atoms with Crippen LogP contribution in [0.25, 0.3) is 0 Å². The number of rotatable bonds is 3. The van der Waals surface area contributed by atoms with Gasteiger partial charge in [0.25, 0.3) is 0 Å². The summed E-state index contributed by atoms with van der Waals surface area (Å²) in [7, 11) is 0. The van der Waals surface area contributed by atoms with Crippen LogP contribution in [0.5, 0.6) is 0 Å². The highest BCUT2D eigenvalue weighted by Crippen LogP contribution is 2.28. The van der Waals surface area contributed by atoms with Crippen LogP contribution < -0.4 is 0 Å². The van der Waals surface area contributed by atoms with Gasteiger partial charge >= 0.3 is 0 Å². The molecule has 0 bridgehead atoms. The number of Topliss-reactive ketones (excluding diaryl/α,β-unsaturated/α-hetero) is 1. The second-order valence-corrected chi connectivity index (χ2v) is 4.84. The third-order valence-corrected chi connectivity index (χ3v) is 3.63. The van der Waals surface area contributed by atoms with Gasteiger partial charge in [-0.15, -0.1) is 0 Å². The molecule has 20 heavy (non-hydrogen) atoms. The van der Waals surface area contributed by atoms with Crippen molar-refractivity contribution in [1.29, 1.82) is 5.26 Å². The van der Waals surface area contributed by atoms with Crippen LogP contribution in [0.2, 0.25) is 0 Å². The van der Waals surface area contributed by atoms with E-state index >= 15 is 0 Å². The lowest BCUT2D eigenvalue weighted by Crippen LogP contribution is -2.13. The number of ketones is 1. The van der Waals surface area contributed by atoms with Gasteiger partial charge in [-0.25, -0.2) is 8.78 Å². The molecule has 0 heterocycles. The van der Waals surface area contributed by atoms with Gasteiger partial charge in [0.1, 0.15) is 17.6 Å². The van der Waals surface area contributed by atoms with Gasteiger partial charge in [-0.2, -0.15) is 5.26 Å². The summed E-state index contributed by atoms with van der Waals surface area (Å²) in [5.74, 6) is -3.21. The minimum atomic E-state index is -1.31. The van der Waals surface area contributed by atoms with E-state index in [2.05, 4.69) is 15.9 Å². The van der Waals surface area contributed by atoms with Gasteiger partial charge in [-0.3, -0.25) is 4.79 Å². The number of hydrogen-bond acceptors (Lipinski definition) is 2. The number of nitriles is 1. The van der Waals surface area contributed by atoms with Gasteiger partial charge in [0.2, 0.25) is 0 Å². The van der Waals surface area contributed by atoms with E-state index in [-0.39, 0.29) is 15.6 Å². The highest BCUT2D eigenvalue weighted by Gasteiger charge is 2.26. The van der Waals surface area contributed by atoms with Gasteiger partial charge in [-0.1, -0.05) is 24.3 Å². The summed E-state index contributed by atoms with van der Waals surface area (Å²) in [6.45, 7) is 0. The van der Waals surface area contributed by atoms with Crippen molar-refractivity contribution in [1.82, 2.24) is 0 Å². The van der Waals surface area contributed by atoms with Crippen molar-refractivity contribution in [2.45, 2.75) is 5.92 Å². The molecule has 2 aromatic rings. The standard InChI is InChI=1S/C15H8BrF2NO/c16-14-10(5-3-7-13(14)18)15(20)11(8-19)9-4-1-2-6-12(9)17/h1-7,11H. The maximum atomic E-state index is 13.7. The Bertz CT molecular complexity index is 709. The maximum absolute atomic E-state index is 13.7. The number of carbonyl (C=O) groups is 1. The SMILES string of the molecule is N#CC(C(=O)c1cccc(F)c1Br)c1ccccc1F. The second-order valence-electron chi connectivity index (χ2n) is 4.05. The third-order valence-electron chi connectivity index (χ3n) is 2.82. The summed E-state index contributed by atoms with van der Waals surface area (Å²) in [5.41, 5.74) is -0.00374. The van der Waals surface area contributed by atoms with E-state index in [1.807, 2.05) is 0 Å². The van der Waals surface area contributed by atoms with Crippen LogP contribution in [0, 0.1) is 23.0 Å². The predicted molar refractivity (Wildman–Crippen MR) is 73.2 cm³/mol. The second kappa shape index (κ2) is 5.93. The summed E-state index contributed by atoms with van der Waals surface area (Å²) >= 11 is 2.97. The first kappa shape index (κ1) is 14.4. The molecule has 0 saturated carbocycles. The number of carbonyl (C=O) groups excluding carboxylic acids is 1. The van der Waals surface area contributed by atoms with Crippen LogP contribution in [0.3, 0.4) is 0 Å². The Kier molecular flexibility index (Phi) is 4.26. The van der Waals surface area contributed by atoms with Gasteiger partial charge < -0.3 is 0 Å². The van der Waals surface area contributed by atoms with Crippen molar-refractivity contribution in [3.05, 3.63) is 69.7 Å². The lowest BCUT2D eigenvalue weighted by atomic mass is 9.91. The van der Waals surface area contributed by atoms with Gasteiger partial charge in [0.15, 0.2) is 5.78 Å². The molecule has 0 amide bonds. The van der Waals surface area contributed by atoms with Gasteiger partial charge in [-0.05, 0) is 34.1 Å². The van der Waals surface area contributed by atoms with Crippen molar-refractivity contribution in [2.24, 2.45) is 0 Å². The van der Waals surface area contributed by atoms with E-state index in [9.17, 15) is 13.6 Å². The Balaban J connectivity index is 2.49. The van der Waals surface area contributed by atoms with Crippen molar-refractivity contribution in [3.63, 3.8) is 0 Å². The topological polar surface area (TPSA) is 40.9 Å². The van der Waals surface area contributed by atoms with Crippen LogP contribution in [0.15, 0.2) is 46.9 Å². The van der Waals surface area contributed by atoms with E-state index in [0.29, 0.717) is 0 Å². The highest BCUT2D eigenvalue weighted by atomic mass is 79.9. The summed E-state index contributed by atoms with van der Waals surface area (Å²) in [5, 5.41) is 9.15. The Labute approximate surface area is 122 Å². The molecule has 0 N–H and O–H groups in total. The monoisotopic (exact) mass is 335 g/mol. The van der Waals surface area contributed by atoms with Crippen molar-refractivity contribution in [2.75, 3.05) is 0 Å². The van der Waals surface area contributed by atoms with Crippen LogP contribution in [-0.2, 0) is 0 Å². The first-order valence-electron chi connectivity index (χ1n) is 5.68. The molecule has 0 spiro atoms. The molecule has 0 aromatic heterocycles. The van der Waals surface area contributed by atoms with E-state index in [1.54, 1.807) is 6.07 Å². The zero-order chi connectivity index (χ0) is 14.7. The van der Waals surface area contributed by atoms with Crippen LogP contribution in [0.4, 0.5) is 8.78 Å². The molecule has 0 aliphatic heterocycles. The van der Waals surface area contributed by atoms with Gasteiger partial charge in [0.05, 0.1) is 10.5 Å². The largest absolute Gasteiger partial charge is 0.292 e. The zero-order valence-corrected chi connectivity index (χ0v) is 11.7. The molecule has 100 valence electrons. The molecule has 0 aliphatic carbocycles. The van der Waals surface area contributed by atoms with E-state index in [1.165, 1.54) is 42.5 Å². The molecular weight excluding hydrogens is 328 g/mol. The fourth-order valence-corrected chi connectivity index (χ4v) is 2.29. The van der Waals surface area contributed by atoms with Crippen molar-refractivity contribution < 1.29 is 13.6 Å². The molecule has 2 nitrogen and oxygen atoms in total. The predicted octanol–water partition coefficient (Wildman–Crippen LogP) is 4.22. The summed E-state index contributed by atoms with van der Waals surface area (Å²) in [6, 6.07) is 11.3. The Morgan fingerprint density at radius 2 is 1.75 bits per heavy atom. The molecule has 0 saturated heterocycles. The Morgan fingerprint density at radius 1 is 1.10 bits per heavy atom. The third kappa shape index (κ3) is 2.61. The van der Waals surface area contributed by atoms with Crippen LogP contribution >= 0.6 is 15.9 Å². The summed E-state index contributed by atoms with van der Waals surface area (Å²) < 4.78 is 27.1. The first-order chi connectivity index (χ1) is 9.56. The van der Waals surface area contributed by atoms with Gasteiger partial charge in [0, 0.05) is 11.1 Å². The summed E-state index contributed by atoms with van der Waals surface area (Å²) in [4.78, 5) is 12.3. The first-order valence-corrected chi connectivity index (χ1v) is 6.48. The number of halogens is 3. The van der Waals surface area contributed by atoms with Crippen LogP contribution in [0.1, 0.15) is 21.8 Å². The molecule has 1 atom stereocenters. The lowest BCUT2D eigenvalue weighted by molar-refractivity contribution is 0.0976. The Morgan fingerprint density at radius 3 is 2.40 bits per heavy atom. The molecule has 0 fully saturated rings. The minimum Gasteiger partial charge on any atom is -0.292 e. The summed E-state index contributed by atoms with van der Waals surface area (Å²) in [6.07, 6.45) is 0. The number of benzene rings is 2. The van der Waals surface area contributed by atoms with Crippen molar-refractivity contribution in [3.8, 4) is 6.07 Å². The average Bonchev–Trinajstić information content (AvgIpc) is 2.44.